The minimum Gasteiger partial charge on any atom is -0.492 e. The first-order valence-electron chi connectivity index (χ1n) is 8.66. The predicted molar refractivity (Wildman–Crippen MR) is 114 cm³/mol. The fourth-order valence-electron chi connectivity index (χ4n) is 2.75. The van der Waals surface area contributed by atoms with Crippen molar-refractivity contribution in [2.75, 3.05) is 22.5 Å². The zero-order valence-corrected chi connectivity index (χ0v) is 18.1. The van der Waals surface area contributed by atoms with Gasteiger partial charge in [0.1, 0.15) is 11.8 Å². The largest absolute Gasteiger partial charge is 0.492 e. The SMILES string of the molecule is CCOc1ccccc1NC(=O)[C@H](CC)N(c1ccc(Cl)c(Cl)c1)S(C)(=O)=O. The highest BCUT2D eigenvalue weighted by Crippen LogP contribution is 2.31. The third-order valence-electron chi connectivity index (χ3n) is 3.93. The highest BCUT2D eigenvalue weighted by molar-refractivity contribution is 7.92. The maximum atomic E-state index is 13.0. The molecule has 0 aliphatic heterocycles. The number of para-hydroxylation sites is 2. The average Bonchev–Trinajstić information content (AvgIpc) is 2.62. The molecule has 9 heteroatoms. The third kappa shape index (κ3) is 5.31. The summed E-state index contributed by atoms with van der Waals surface area (Å²) >= 11 is 12.0. The second kappa shape index (κ2) is 9.49. The van der Waals surface area contributed by atoms with Gasteiger partial charge in [0.25, 0.3) is 0 Å². The molecule has 2 aromatic rings. The van der Waals surface area contributed by atoms with Crippen molar-refractivity contribution in [2.45, 2.75) is 26.3 Å². The third-order valence-corrected chi connectivity index (χ3v) is 5.85. The number of anilines is 2. The monoisotopic (exact) mass is 444 g/mol. The fraction of sp³-hybridized carbons (Fsp3) is 0.316. The second-order valence-electron chi connectivity index (χ2n) is 6.00. The Hall–Kier alpha value is -1.96. The summed E-state index contributed by atoms with van der Waals surface area (Å²) in [6.07, 6.45) is 1.29. The molecular weight excluding hydrogens is 423 g/mol. The predicted octanol–water partition coefficient (Wildman–Crippen LogP) is 4.58. The molecule has 0 heterocycles. The van der Waals surface area contributed by atoms with Crippen LogP contribution in [0, 0.1) is 0 Å². The molecule has 0 unspecified atom stereocenters. The minimum absolute atomic E-state index is 0.199. The van der Waals surface area contributed by atoms with E-state index in [9.17, 15) is 13.2 Å². The van der Waals surface area contributed by atoms with Crippen molar-refractivity contribution in [2.24, 2.45) is 0 Å². The van der Waals surface area contributed by atoms with Crippen molar-refractivity contribution in [3.05, 3.63) is 52.5 Å². The van der Waals surface area contributed by atoms with Gasteiger partial charge in [-0.2, -0.15) is 0 Å². The molecule has 0 saturated carbocycles. The van der Waals surface area contributed by atoms with Crippen LogP contribution in [0.15, 0.2) is 42.5 Å². The van der Waals surface area contributed by atoms with Gasteiger partial charge >= 0.3 is 0 Å². The standard InChI is InChI=1S/C19H22Cl2N2O4S/c1-4-17(19(24)22-16-8-6-7-9-18(16)27-5-2)23(28(3,25)26)13-10-11-14(20)15(21)12-13/h6-12,17H,4-5H2,1-3H3,(H,22,24)/t17-/m0/s1. The van der Waals surface area contributed by atoms with Crippen LogP contribution in [0.5, 0.6) is 5.75 Å². The minimum atomic E-state index is -3.78. The van der Waals surface area contributed by atoms with Crippen molar-refractivity contribution in [3.63, 3.8) is 0 Å². The van der Waals surface area contributed by atoms with Crippen LogP contribution in [0.3, 0.4) is 0 Å². The molecule has 2 rings (SSSR count). The number of amides is 1. The molecular formula is C19H22Cl2N2O4S. The first-order valence-corrected chi connectivity index (χ1v) is 11.3. The Bertz CT molecular complexity index is 951. The summed E-state index contributed by atoms with van der Waals surface area (Å²) in [6.45, 7) is 4.00. The molecule has 0 spiro atoms. The molecule has 0 fully saturated rings. The Morgan fingerprint density at radius 3 is 2.39 bits per heavy atom. The summed E-state index contributed by atoms with van der Waals surface area (Å²) < 4.78 is 31.6. The van der Waals surface area contributed by atoms with Gasteiger partial charge in [-0.15, -0.1) is 0 Å². The normalized spacial score (nSPS) is 12.3. The summed E-state index contributed by atoms with van der Waals surface area (Å²) in [6, 6.07) is 10.4. The summed E-state index contributed by atoms with van der Waals surface area (Å²) in [5.41, 5.74) is 0.729. The molecule has 1 amide bonds. The van der Waals surface area contributed by atoms with Gasteiger partial charge in [-0.3, -0.25) is 9.10 Å². The first kappa shape index (κ1) is 22.3. The van der Waals surface area contributed by atoms with Crippen molar-refractivity contribution < 1.29 is 17.9 Å². The van der Waals surface area contributed by atoms with Crippen LogP contribution in [-0.4, -0.2) is 33.2 Å². The van der Waals surface area contributed by atoms with Crippen molar-refractivity contribution >= 4 is 50.5 Å². The van der Waals surface area contributed by atoms with Gasteiger partial charge in [-0.25, -0.2) is 8.42 Å². The zero-order valence-electron chi connectivity index (χ0n) is 15.8. The van der Waals surface area contributed by atoms with Crippen LogP contribution in [0.4, 0.5) is 11.4 Å². The maximum absolute atomic E-state index is 13.0. The average molecular weight is 445 g/mol. The van der Waals surface area contributed by atoms with Gasteiger partial charge in [0.15, 0.2) is 0 Å². The number of nitrogens with zero attached hydrogens (tertiary/aromatic N) is 1. The van der Waals surface area contributed by atoms with E-state index in [1.54, 1.807) is 31.2 Å². The molecule has 28 heavy (non-hydrogen) atoms. The number of hydrogen-bond donors (Lipinski definition) is 1. The van der Waals surface area contributed by atoms with Gasteiger partial charge in [-0.05, 0) is 43.7 Å². The van der Waals surface area contributed by atoms with Crippen molar-refractivity contribution in [1.29, 1.82) is 0 Å². The van der Waals surface area contributed by atoms with Gasteiger partial charge in [0, 0.05) is 0 Å². The van der Waals surface area contributed by atoms with E-state index in [-0.39, 0.29) is 17.1 Å². The number of rotatable bonds is 8. The summed E-state index contributed by atoms with van der Waals surface area (Å²) in [5.74, 6) is 0.0276. The molecule has 6 nitrogen and oxygen atoms in total. The molecule has 2 aromatic carbocycles. The molecule has 1 N–H and O–H groups in total. The van der Waals surface area contributed by atoms with Crippen LogP contribution in [0.1, 0.15) is 20.3 Å². The van der Waals surface area contributed by atoms with Gasteiger partial charge < -0.3 is 10.1 Å². The van der Waals surface area contributed by atoms with Gasteiger partial charge in [-0.1, -0.05) is 42.3 Å². The van der Waals surface area contributed by atoms with Gasteiger partial charge in [0.05, 0.1) is 34.3 Å². The highest BCUT2D eigenvalue weighted by Gasteiger charge is 2.32. The summed E-state index contributed by atoms with van der Waals surface area (Å²) in [5, 5.41) is 3.26. The van der Waals surface area contributed by atoms with Gasteiger partial charge in [0.2, 0.25) is 15.9 Å². The lowest BCUT2D eigenvalue weighted by Crippen LogP contribution is -2.47. The second-order valence-corrected chi connectivity index (χ2v) is 8.67. The molecule has 0 aliphatic carbocycles. The number of sulfonamides is 1. The summed E-state index contributed by atoms with van der Waals surface area (Å²) in [4.78, 5) is 13.0. The lowest BCUT2D eigenvalue weighted by molar-refractivity contribution is -0.117. The lowest BCUT2D eigenvalue weighted by Gasteiger charge is -2.30. The number of nitrogens with one attached hydrogen (secondary N) is 1. The fourth-order valence-corrected chi connectivity index (χ4v) is 4.25. The zero-order chi connectivity index (χ0) is 20.9. The van der Waals surface area contributed by atoms with E-state index in [4.69, 9.17) is 27.9 Å². The van der Waals surface area contributed by atoms with Crippen LogP contribution in [0.25, 0.3) is 0 Å². The van der Waals surface area contributed by atoms with Crippen LogP contribution < -0.4 is 14.4 Å². The molecule has 0 saturated heterocycles. The first-order chi connectivity index (χ1) is 13.2. The van der Waals surface area contributed by atoms with E-state index in [2.05, 4.69) is 5.32 Å². The number of ether oxygens (including phenoxy) is 1. The van der Waals surface area contributed by atoms with E-state index < -0.39 is 22.0 Å². The van der Waals surface area contributed by atoms with E-state index in [0.717, 1.165) is 10.6 Å². The number of carbonyl (C=O) groups excluding carboxylic acids is 1. The molecule has 0 aliphatic rings. The molecule has 0 radical (unpaired) electrons. The van der Waals surface area contributed by atoms with Crippen LogP contribution >= 0.6 is 23.2 Å². The molecule has 152 valence electrons. The Labute approximate surface area is 175 Å². The highest BCUT2D eigenvalue weighted by atomic mass is 35.5. The number of halogens is 2. The molecule has 0 aromatic heterocycles. The number of carbonyl (C=O) groups is 1. The molecule has 1 atom stereocenters. The Morgan fingerprint density at radius 2 is 1.82 bits per heavy atom. The Kier molecular flexibility index (Phi) is 7.57. The van der Waals surface area contributed by atoms with Crippen LogP contribution in [-0.2, 0) is 14.8 Å². The quantitative estimate of drug-likeness (QED) is 0.646. The lowest BCUT2D eigenvalue weighted by atomic mass is 10.1. The molecule has 0 bridgehead atoms. The number of benzene rings is 2. The maximum Gasteiger partial charge on any atom is 0.248 e. The van der Waals surface area contributed by atoms with E-state index >= 15 is 0 Å². The Morgan fingerprint density at radius 1 is 1.14 bits per heavy atom. The topological polar surface area (TPSA) is 75.7 Å². The number of hydrogen-bond acceptors (Lipinski definition) is 4. The van der Waals surface area contributed by atoms with Crippen molar-refractivity contribution in [3.8, 4) is 5.75 Å². The van der Waals surface area contributed by atoms with E-state index in [1.165, 1.54) is 18.2 Å². The Balaban J connectivity index is 2.41. The van der Waals surface area contributed by atoms with E-state index in [0.29, 0.717) is 23.1 Å². The van der Waals surface area contributed by atoms with Crippen LogP contribution in [0.2, 0.25) is 10.0 Å². The summed E-state index contributed by atoms with van der Waals surface area (Å²) in [7, 11) is -3.78. The van der Waals surface area contributed by atoms with E-state index in [1.807, 2.05) is 6.92 Å². The van der Waals surface area contributed by atoms with Crippen molar-refractivity contribution in [1.82, 2.24) is 0 Å². The smallest absolute Gasteiger partial charge is 0.248 e.